The predicted octanol–water partition coefficient (Wildman–Crippen LogP) is 3.63. The van der Waals surface area contributed by atoms with E-state index in [0.29, 0.717) is 24.3 Å². The summed E-state index contributed by atoms with van der Waals surface area (Å²) >= 11 is 0. The van der Waals surface area contributed by atoms with Gasteiger partial charge in [0.2, 0.25) is 11.6 Å². The van der Waals surface area contributed by atoms with Crippen molar-refractivity contribution in [3.63, 3.8) is 0 Å². The summed E-state index contributed by atoms with van der Waals surface area (Å²) in [6, 6.07) is 16.8. The normalized spacial score (nSPS) is 14.0. The molecule has 4 rings (SSSR count). The average molecular weight is 463 g/mol. The minimum Gasteiger partial charge on any atom is -0.462 e. The van der Waals surface area contributed by atoms with Crippen molar-refractivity contribution in [2.75, 3.05) is 43.0 Å². The number of anilines is 3. The number of hydrogen-bond acceptors (Lipinski definition) is 9. The molecule has 0 radical (unpaired) electrons. The molecule has 0 unspecified atom stereocenters. The maximum absolute atomic E-state index is 12.0. The molecule has 34 heavy (non-hydrogen) atoms. The second kappa shape index (κ2) is 10.7. The summed E-state index contributed by atoms with van der Waals surface area (Å²) in [6.07, 6.45) is 1.32. The van der Waals surface area contributed by atoms with Gasteiger partial charge >= 0.3 is 11.7 Å². The van der Waals surface area contributed by atoms with Crippen LogP contribution in [-0.4, -0.2) is 58.5 Å². The first-order valence-corrected chi connectivity index (χ1v) is 11.1. The van der Waals surface area contributed by atoms with E-state index in [1.54, 1.807) is 31.2 Å². The van der Waals surface area contributed by atoms with Gasteiger partial charge in [0.05, 0.1) is 17.1 Å². The average Bonchev–Trinajstić information content (AvgIpc) is 2.85. The molecule has 3 aromatic rings. The summed E-state index contributed by atoms with van der Waals surface area (Å²) in [7, 11) is 0. The van der Waals surface area contributed by atoms with Crippen LogP contribution >= 0.6 is 0 Å². The minimum absolute atomic E-state index is 0.0720. The lowest BCUT2D eigenvalue weighted by atomic mass is 10.2. The third-order valence-corrected chi connectivity index (χ3v) is 5.54. The third kappa shape index (κ3) is 5.46. The maximum Gasteiger partial charge on any atom is 0.353 e. The van der Waals surface area contributed by atoms with Crippen molar-refractivity contribution >= 4 is 29.0 Å². The first kappa shape index (κ1) is 23.1. The van der Waals surface area contributed by atoms with Crippen LogP contribution in [0.2, 0.25) is 0 Å². The number of carbonyl (C=O) groups excluding carboxylic acids is 1. The Morgan fingerprint density at radius 1 is 1.09 bits per heavy atom. The summed E-state index contributed by atoms with van der Waals surface area (Å²) in [5.74, 6) is -0.108. The maximum atomic E-state index is 12.0. The number of ether oxygens (including phenoxy) is 1. The van der Waals surface area contributed by atoms with Gasteiger partial charge in [0.1, 0.15) is 6.33 Å². The second-order valence-corrected chi connectivity index (χ2v) is 7.83. The number of rotatable bonds is 8. The Morgan fingerprint density at radius 2 is 1.85 bits per heavy atom. The van der Waals surface area contributed by atoms with Gasteiger partial charge in [-0.2, -0.15) is 0 Å². The molecule has 0 amide bonds. The molecule has 0 atom stereocenters. The molecule has 1 aromatic heterocycles. The monoisotopic (exact) mass is 462 g/mol. The molecule has 0 saturated carbocycles. The number of nitrogens with zero attached hydrogens (tertiary/aromatic N) is 5. The highest BCUT2D eigenvalue weighted by atomic mass is 16.6. The van der Waals surface area contributed by atoms with Crippen molar-refractivity contribution in [3.05, 3.63) is 82.2 Å². The summed E-state index contributed by atoms with van der Waals surface area (Å²) in [6.45, 7) is 5.58. The number of piperazine rings is 1. The molecule has 1 saturated heterocycles. The number of esters is 1. The van der Waals surface area contributed by atoms with E-state index in [1.807, 2.05) is 23.1 Å². The molecule has 0 spiro atoms. The first-order chi connectivity index (χ1) is 16.5. The fourth-order valence-electron chi connectivity index (χ4n) is 3.89. The largest absolute Gasteiger partial charge is 0.462 e. The lowest BCUT2D eigenvalue weighted by Gasteiger charge is -2.35. The van der Waals surface area contributed by atoms with Crippen molar-refractivity contribution in [2.45, 2.75) is 13.5 Å². The van der Waals surface area contributed by atoms with E-state index in [2.05, 4.69) is 32.3 Å². The zero-order valence-electron chi connectivity index (χ0n) is 18.9. The van der Waals surface area contributed by atoms with E-state index in [1.165, 1.54) is 11.9 Å². The molecule has 1 aliphatic rings. The van der Waals surface area contributed by atoms with Crippen LogP contribution in [0.25, 0.3) is 0 Å². The smallest absolute Gasteiger partial charge is 0.353 e. The Morgan fingerprint density at radius 3 is 2.56 bits per heavy atom. The summed E-state index contributed by atoms with van der Waals surface area (Å²) in [4.78, 5) is 36.2. The highest BCUT2D eigenvalue weighted by Gasteiger charge is 2.29. The first-order valence-electron chi connectivity index (χ1n) is 11.1. The molecule has 0 aliphatic carbocycles. The molecule has 10 heteroatoms. The van der Waals surface area contributed by atoms with Gasteiger partial charge in [0.25, 0.3) is 0 Å². The number of benzene rings is 2. The van der Waals surface area contributed by atoms with E-state index in [-0.39, 0.29) is 23.9 Å². The van der Waals surface area contributed by atoms with Crippen molar-refractivity contribution in [3.8, 4) is 0 Å². The highest BCUT2D eigenvalue weighted by Crippen LogP contribution is 2.34. The number of nitrogens with one attached hydrogen (secondary N) is 1. The van der Waals surface area contributed by atoms with Crippen LogP contribution in [0.3, 0.4) is 0 Å². The molecule has 10 nitrogen and oxygen atoms in total. The van der Waals surface area contributed by atoms with Gasteiger partial charge < -0.3 is 15.0 Å². The standard InChI is InChI=1S/C24H26N6O4/c1-2-34-24(31)19-9-6-10-20(15-19)27-22-21(30(32)33)23(26-17-25-22)29-13-11-28(12-14-29)16-18-7-4-3-5-8-18/h3-10,15,17H,2,11-14,16H2,1H3,(H,25,26,27). The Labute approximate surface area is 197 Å². The highest BCUT2D eigenvalue weighted by molar-refractivity contribution is 5.91. The lowest BCUT2D eigenvalue weighted by Crippen LogP contribution is -2.46. The Balaban J connectivity index is 1.50. The minimum atomic E-state index is -0.469. The number of hydrogen-bond donors (Lipinski definition) is 1. The summed E-state index contributed by atoms with van der Waals surface area (Å²) in [5, 5.41) is 15.0. The van der Waals surface area contributed by atoms with Crippen LogP contribution < -0.4 is 10.2 Å². The Hall–Kier alpha value is -4.05. The van der Waals surface area contributed by atoms with Crippen LogP contribution in [0, 0.1) is 10.1 Å². The molecule has 176 valence electrons. The van der Waals surface area contributed by atoms with Crippen LogP contribution in [0.15, 0.2) is 60.9 Å². The van der Waals surface area contributed by atoms with E-state index in [4.69, 9.17) is 4.74 Å². The fourth-order valence-corrected chi connectivity index (χ4v) is 3.89. The zero-order chi connectivity index (χ0) is 23.9. The summed E-state index contributed by atoms with van der Waals surface area (Å²) in [5.41, 5.74) is 1.88. The zero-order valence-corrected chi connectivity index (χ0v) is 18.9. The molecule has 1 fully saturated rings. The van der Waals surface area contributed by atoms with Crippen molar-refractivity contribution in [2.24, 2.45) is 0 Å². The van der Waals surface area contributed by atoms with Gasteiger partial charge in [-0.15, -0.1) is 0 Å². The lowest BCUT2D eigenvalue weighted by molar-refractivity contribution is -0.383. The van der Waals surface area contributed by atoms with E-state index >= 15 is 0 Å². The SMILES string of the molecule is CCOC(=O)c1cccc(Nc2ncnc(N3CCN(Cc4ccccc4)CC3)c2[N+](=O)[O-])c1. The van der Waals surface area contributed by atoms with Crippen LogP contribution in [-0.2, 0) is 11.3 Å². The molecule has 1 aliphatic heterocycles. The van der Waals surface area contributed by atoms with Gasteiger partial charge in [0, 0.05) is 38.4 Å². The quantitative estimate of drug-likeness (QED) is 0.304. The van der Waals surface area contributed by atoms with E-state index < -0.39 is 10.9 Å². The van der Waals surface area contributed by atoms with Crippen molar-refractivity contribution in [1.29, 1.82) is 0 Å². The number of aromatic nitrogens is 2. The number of carbonyl (C=O) groups is 1. The third-order valence-electron chi connectivity index (χ3n) is 5.54. The Kier molecular flexibility index (Phi) is 7.28. The fraction of sp³-hybridized carbons (Fsp3) is 0.292. The van der Waals surface area contributed by atoms with Gasteiger partial charge in [-0.25, -0.2) is 14.8 Å². The molecule has 2 heterocycles. The van der Waals surface area contributed by atoms with Crippen LogP contribution in [0.5, 0.6) is 0 Å². The molecule has 1 N–H and O–H groups in total. The van der Waals surface area contributed by atoms with Crippen LogP contribution in [0.4, 0.5) is 23.0 Å². The van der Waals surface area contributed by atoms with Gasteiger partial charge in [0.15, 0.2) is 0 Å². The van der Waals surface area contributed by atoms with Gasteiger partial charge in [-0.1, -0.05) is 36.4 Å². The van der Waals surface area contributed by atoms with Crippen molar-refractivity contribution in [1.82, 2.24) is 14.9 Å². The number of nitro groups is 1. The second-order valence-electron chi connectivity index (χ2n) is 7.83. The molecular formula is C24H26N6O4. The molecular weight excluding hydrogens is 436 g/mol. The van der Waals surface area contributed by atoms with Crippen molar-refractivity contribution < 1.29 is 14.5 Å². The van der Waals surface area contributed by atoms with E-state index in [0.717, 1.165) is 19.6 Å². The van der Waals surface area contributed by atoms with Gasteiger partial charge in [-0.3, -0.25) is 15.0 Å². The van der Waals surface area contributed by atoms with Gasteiger partial charge in [-0.05, 0) is 30.7 Å². The van der Waals surface area contributed by atoms with Crippen LogP contribution in [0.1, 0.15) is 22.8 Å². The Bertz CT molecular complexity index is 1150. The topological polar surface area (TPSA) is 114 Å². The molecule has 0 bridgehead atoms. The van der Waals surface area contributed by atoms with E-state index in [9.17, 15) is 14.9 Å². The summed E-state index contributed by atoms with van der Waals surface area (Å²) < 4.78 is 5.03. The molecule has 2 aromatic carbocycles. The predicted molar refractivity (Wildman–Crippen MR) is 128 cm³/mol.